The number of carbonyl (C=O) groups excluding carboxylic acids is 2. The lowest BCUT2D eigenvalue weighted by Gasteiger charge is -2.33. The molecule has 0 radical (unpaired) electrons. The van der Waals surface area contributed by atoms with Gasteiger partial charge < -0.3 is 10.6 Å². The van der Waals surface area contributed by atoms with Gasteiger partial charge >= 0.3 is 0 Å². The van der Waals surface area contributed by atoms with Gasteiger partial charge in [0.2, 0.25) is 5.91 Å². The average Bonchev–Trinajstić information content (AvgIpc) is 2.99. The lowest BCUT2D eigenvalue weighted by atomic mass is 9.72. The van der Waals surface area contributed by atoms with Crippen LogP contribution in [-0.2, 0) is 17.6 Å². The molecule has 0 spiro atoms. The fourth-order valence-corrected chi connectivity index (χ4v) is 5.06. The average molecular weight is 419 g/mol. The van der Waals surface area contributed by atoms with Gasteiger partial charge in [0.25, 0.3) is 5.91 Å². The third-order valence-corrected chi connectivity index (χ3v) is 6.81. The Morgan fingerprint density at radius 3 is 2.46 bits per heavy atom. The number of halogens is 1. The molecule has 1 aliphatic rings. The van der Waals surface area contributed by atoms with E-state index in [9.17, 15) is 9.59 Å². The molecule has 1 aromatic carbocycles. The highest BCUT2D eigenvalue weighted by molar-refractivity contribution is 7.17. The predicted octanol–water partition coefficient (Wildman–Crippen LogP) is 6.15. The maximum atomic E-state index is 13.1. The highest BCUT2D eigenvalue weighted by Gasteiger charge is 2.34. The molecule has 1 heterocycles. The van der Waals surface area contributed by atoms with Crippen molar-refractivity contribution in [3.05, 3.63) is 45.3 Å². The van der Waals surface area contributed by atoms with Crippen molar-refractivity contribution in [2.45, 2.75) is 53.4 Å². The van der Waals surface area contributed by atoms with Gasteiger partial charge in [0.15, 0.2) is 0 Å². The van der Waals surface area contributed by atoms with Gasteiger partial charge in [-0.15, -0.1) is 11.3 Å². The van der Waals surface area contributed by atoms with Gasteiger partial charge in [0, 0.05) is 22.0 Å². The molecule has 150 valence electrons. The molecule has 28 heavy (non-hydrogen) atoms. The van der Waals surface area contributed by atoms with Gasteiger partial charge in [-0.1, -0.05) is 39.3 Å². The van der Waals surface area contributed by atoms with Crippen LogP contribution >= 0.6 is 22.9 Å². The minimum absolute atomic E-state index is 0.0773. The monoisotopic (exact) mass is 418 g/mol. The van der Waals surface area contributed by atoms with E-state index in [2.05, 4.69) is 31.4 Å². The molecular formula is C22H27ClN2O2S. The summed E-state index contributed by atoms with van der Waals surface area (Å²) in [6.45, 7) is 8.62. The van der Waals surface area contributed by atoms with Crippen LogP contribution < -0.4 is 10.6 Å². The summed E-state index contributed by atoms with van der Waals surface area (Å²) >= 11 is 7.49. The molecule has 1 aromatic heterocycles. The minimum Gasteiger partial charge on any atom is -0.322 e. The molecule has 0 bridgehead atoms. The number of anilines is 2. The molecular weight excluding hydrogens is 392 g/mol. The summed E-state index contributed by atoms with van der Waals surface area (Å²) in [7, 11) is 0. The Kier molecular flexibility index (Phi) is 6.15. The van der Waals surface area contributed by atoms with Crippen molar-refractivity contribution in [3.8, 4) is 0 Å². The smallest absolute Gasteiger partial charge is 0.258 e. The Labute approximate surface area is 175 Å². The second-order valence-electron chi connectivity index (χ2n) is 8.38. The molecule has 1 unspecified atom stereocenters. The van der Waals surface area contributed by atoms with Crippen LogP contribution in [0.15, 0.2) is 24.3 Å². The predicted molar refractivity (Wildman–Crippen MR) is 118 cm³/mol. The SMILES string of the molecule is CCC(=O)Nc1sc2c(c1C(=O)Nc1ccc(Cl)cc1)CCC(C(C)(C)C)C2. The summed E-state index contributed by atoms with van der Waals surface area (Å²) in [5.74, 6) is 0.312. The first-order valence-corrected chi connectivity index (χ1v) is 10.9. The van der Waals surface area contributed by atoms with E-state index >= 15 is 0 Å². The maximum Gasteiger partial charge on any atom is 0.258 e. The number of thiophene rings is 1. The molecule has 1 atom stereocenters. The molecule has 6 heteroatoms. The van der Waals surface area contributed by atoms with Gasteiger partial charge in [-0.3, -0.25) is 9.59 Å². The highest BCUT2D eigenvalue weighted by Crippen LogP contribution is 2.44. The molecule has 2 aromatic rings. The Balaban J connectivity index is 1.94. The van der Waals surface area contributed by atoms with Gasteiger partial charge in [-0.25, -0.2) is 0 Å². The van der Waals surface area contributed by atoms with Crippen molar-refractivity contribution in [1.29, 1.82) is 0 Å². The van der Waals surface area contributed by atoms with Crippen molar-refractivity contribution in [2.24, 2.45) is 11.3 Å². The second kappa shape index (κ2) is 8.26. The molecule has 1 aliphatic carbocycles. The summed E-state index contributed by atoms with van der Waals surface area (Å²) in [6, 6.07) is 7.04. The van der Waals surface area contributed by atoms with Gasteiger partial charge in [-0.05, 0) is 60.4 Å². The summed E-state index contributed by atoms with van der Waals surface area (Å²) in [6.07, 6.45) is 3.24. The highest BCUT2D eigenvalue weighted by atomic mass is 35.5. The van der Waals surface area contributed by atoms with Crippen LogP contribution in [0.2, 0.25) is 5.02 Å². The van der Waals surface area contributed by atoms with E-state index in [4.69, 9.17) is 11.6 Å². The summed E-state index contributed by atoms with van der Waals surface area (Å²) in [5, 5.41) is 7.18. The molecule has 3 rings (SSSR count). The first-order valence-electron chi connectivity index (χ1n) is 9.70. The van der Waals surface area contributed by atoms with E-state index in [1.54, 1.807) is 35.6 Å². The zero-order valence-corrected chi connectivity index (χ0v) is 18.4. The fraction of sp³-hybridized carbons (Fsp3) is 0.455. The molecule has 2 N–H and O–H groups in total. The number of fused-ring (bicyclic) bond motifs is 1. The number of rotatable bonds is 4. The molecule has 4 nitrogen and oxygen atoms in total. The molecule has 0 aliphatic heterocycles. The van der Waals surface area contributed by atoms with Crippen molar-refractivity contribution in [2.75, 3.05) is 10.6 Å². The van der Waals surface area contributed by atoms with E-state index in [0.29, 0.717) is 33.6 Å². The van der Waals surface area contributed by atoms with Crippen molar-refractivity contribution in [3.63, 3.8) is 0 Å². The quantitative estimate of drug-likeness (QED) is 0.625. The number of hydrogen-bond donors (Lipinski definition) is 2. The zero-order valence-electron chi connectivity index (χ0n) is 16.8. The largest absolute Gasteiger partial charge is 0.322 e. The van der Waals surface area contributed by atoms with Crippen LogP contribution in [0.1, 0.15) is 61.3 Å². The van der Waals surface area contributed by atoms with Gasteiger partial charge in [-0.2, -0.15) is 0 Å². The summed E-state index contributed by atoms with van der Waals surface area (Å²) in [5.41, 5.74) is 2.61. The Morgan fingerprint density at radius 2 is 1.86 bits per heavy atom. The third kappa shape index (κ3) is 4.58. The van der Waals surface area contributed by atoms with E-state index in [-0.39, 0.29) is 17.2 Å². The van der Waals surface area contributed by atoms with Gasteiger partial charge in [0.1, 0.15) is 5.00 Å². The second-order valence-corrected chi connectivity index (χ2v) is 9.92. The first kappa shape index (κ1) is 20.9. The Morgan fingerprint density at radius 1 is 1.18 bits per heavy atom. The normalized spacial score (nSPS) is 16.4. The number of hydrogen-bond acceptors (Lipinski definition) is 3. The van der Waals surface area contributed by atoms with E-state index in [1.807, 2.05) is 6.92 Å². The fourth-order valence-electron chi connectivity index (χ4n) is 3.60. The van der Waals surface area contributed by atoms with Crippen LogP contribution in [-0.4, -0.2) is 11.8 Å². The van der Waals surface area contributed by atoms with Crippen molar-refractivity contribution >= 4 is 45.4 Å². The Bertz CT molecular complexity index is 881. The number of benzene rings is 1. The van der Waals surface area contributed by atoms with Crippen molar-refractivity contribution in [1.82, 2.24) is 0 Å². The van der Waals surface area contributed by atoms with Gasteiger partial charge in [0.05, 0.1) is 5.56 Å². The first-order chi connectivity index (χ1) is 13.2. The number of nitrogens with one attached hydrogen (secondary N) is 2. The Hall–Kier alpha value is -1.85. The molecule has 0 saturated carbocycles. The molecule has 2 amide bonds. The maximum absolute atomic E-state index is 13.1. The van der Waals surface area contributed by atoms with Crippen molar-refractivity contribution < 1.29 is 9.59 Å². The number of amides is 2. The molecule has 0 fully saturated rings. The minimum atomic E-state index is -0.180. The van der Waals surface area contributed by atoms with E-state index in [0.717, 1.165) is 24.8 Å². The van der Waals surface area contributed by atoms with Crippen LogP contribution in [0.4, 0.5) is 10.7 Å². The topological polar surface area (TPSA) is 58.2 Å². The van der Waals surface area contributed by atoms with Crippen LogP contribution in [0, 0.1) is 11.3 Å². The molecule has 0 saturated heterocycles. The van der Waals surface area contributed by atoms with E-state index < -0.39 is 0 Å². The lowest BCUT2D eigenvalue weighted by Crippen LogP contribution is -2.27. The zero-order chi connectivity index (χ0) is 20.5. The number of carbonyl (C=O) groups is 2. The third-order valence-electron chi connectivity index (χ3n) is 5.39. The van der Waals surface area contributed by atoms with E-state index in [1.165, 1.54) is 4.88 Å². The van der Waals surface area contributed by atoms with Crippen LogP contribution in [0.3, 0.4) is 0 Å². The summed E-state index contributed by atoms with van der Waals surface area (Å²) < 4.78 is 0. The standard InChI is InChI=1S/C22H27ClN2O2S/c1-5-18(26)25-21-19(20(27)24-15-9-7-14(23)8-10-15)16-11-6-13(22(2,3)4)12-17(16)28-21/h7-10,13H,5-6,11-12H2,1-4H3,(H,24,27)(H,25,26). The van der Waals surface area contributed by atoms with Crippen LogP contribution in [0.25, 0.3) is 0 Å². The summed E-state index contributed by atoms with van der Waals surface area (Å²) in [4.78, 5) is 26.4. The van der Waals surface area contributed by atoms with Crippen LogP contribution in [0.5, 0.6) is 0 Å². The lowest BCUT2D eigenvalue weighted by molar-refractivity contribution is -0.115.